The third-order valence-electron chi connectivity index (χ3n) is 5.01. The summed E-state index contributed by atoms with van der Waals surface area (Å²) in [5.41, 5.74) is 2.90. The molecule has 6 nitrogen and oxygen atoms in total. The van der Waals surface area contributed by atoms with E-state index in [1.54, 1.807) is 0 Å². The molecule has 1 aliphatic carbocycles. The minimum atomic E-state index is -0.211. The molecule has 1 aromatic carbocycles. The topological polar surface area (TPSA) is 79.8 Å². The Labute approximate surface area is 145 Å². The molecule has 6 heteroatoms. The summed E-state index contributed by atoms with van der Waals surface area (Å²) in [5, 5.41) is 3.98. The maximum Gasteiger partial charge on any atom is 0.278 e. The lowest BCUT2D eigenvalue weighted by Crippen LogP contribution is -2.39. The number of hydrogen-bond acceptors (Lipinski definition) is 3. The highest BCUT2D eigenvalue weighted by Gasteiger charge is 2.17. The largest absolute Gasteiger partial charge is 0.352 e. The fourth-order valence-electron chi connectivity index (χ4n) is 3.69. The van der Waals surface area contributed by atoms with Gasteiger partial charge in [0, 0.05) is 16.9 Å². The second-order valence-corrected chi connectivity index (χ2v) is 6.98. The molecule has 0 radical (unpaired) electrons. The lowest BCUT2D eigenvalue weighted by atomic mass is 9.95. The van der Waals surface area contributed by atoms with Crippen molar-refractivity contribution in [3.05, 3.63) is 40.4 Å². The monoisotopic (exact) mass is 338 g/mol. The van der Waals surface area contributed by atoms with Crippen LogP contribution in [0.5, 0.6) is 0 Å². The lowest BCUT2D eigenvalue weighted by molar-refractivity contribution is -0.122. The Kier molecular flexibility index (Phi) is 4.03. The summed E-state index contributed by atoms with van der Waals surface area (Å²) in [4.78, 5) is 32.6. The minimum absolute atomic E-state index is 0.00661. The standard InChI is InChI=1S/C19H22N4O2/c1-12-7-8-15-14(9-12)17-18(22-15)19(25)23(11-20-17)10-16(24)21-13-5-3-2-4-6-13/h7-9,11,13,22H,2-6,10H2,1H3,(H,21,24). The van der Waals surface area contributed by atoms with E-state index in [0.29, 0.717) is 11.0 Å². The van der Waals surface area contributed by atoms with Crippen LogP contribution < -0.4 is 10.9 Å². The van der Waals surface area contributed by atoms with E-state index in [4.69, 9.17) is 0 Å². The van der Waals surface area contributed by atoms with Gasteiger partial charge in [0.1, 0.15) is 17.6 Å². The van der Waals surface area contributed by atoms with Gasteiger partial charge < -0.3 is 10.3 Å². The maximum atomic E-state index is 12.7. The molecular weight excluding hydrogens is 316 g/mol. The molecule has 1 fully saturated rings. The number of aromatic amines is 1. The van der Waals surface area contributed by atoms with Crippen LogP contribution in [-0.2, 0) is 11.3 Å². The molecule has 2 heterocycles. The fraction of sp³-hybridized carbons (Fsp3) is 0.421. The van der Waals surface area contributed by atoms with Gasteiger partial charge in [-0.3, -0.25) is 14.2 Å². The number of amides is 1. The van der Waals surface area contributed by atoms with Crippen molar-refractivity contribution in [2.75, 3.05) is 0 Å². The molecule has 4 rings (SSSR count). The van der Waals surface area contributed by atoms with E-state index < -0.39 is 0 Å². The number of carbonyl (C=O) groups excluding carboxylic acids is 1. The first kappa shape index (κ1) is 15.9. The van der Waals surface area contributed by atoms with E-state index in [-0.39, 0.29) is 24.1 Å². The molecule has 1 amide bonds. The van der Waals surface area contributed by atoms with Crippen molar-refractivity contribution in [3.8, 4) is 0 Å². The molecule has 0 aliphatic heterocycles. The molecule has 130 valence electrons. The number of aromatic nitrogens is 3. The van der Waals surface area contributed by atoms with Crippen molar-refractivity contribution in [1.29, 1.82) is 0 Å². The van der Waals surface area contributed by atoms with Crippen LogP contribution in [0.2, 0.25) is 0 Å². The van der Waals surface area contributed by atoms with Crippen LogP contribution in [0, 0.1) is 6.92 Å². The van der Waals surface area contributed by atoms with Crippen LogP contribution >= 0.6 is 0 Å². The highest BCUT2D eigenvalue weighted by molar-refractivity contribution is 6.04. The summed E-state index contributed by atoms with van der Waals surface area (Å²) >= 11 is 0. The summed E-state index contributed by atoms with van der Waals surface area (Å²) in [5.74, 6) is -0.123. The van der Waals surface area contributed by atoms with Gasteiger partial charge in [-0.25, -0.2) is 4.98 Å². The van der Waals surface area contributed by atoms with Crippen molar-refractivity contribution >= 4 is 27.8 Å². The fourth-order valence-corrected chi connectivity index (χ4v) is 3.69. The summed E-state index contributed by atoms with van der Waals surface area (Å²) in [7, 11) is 0. The number of rotatable bonds is 3. The van der Waals surface area contributed by atoms with Crippen LogP contribution in [0.3, 0.4) is 0 Å². The first-order valence-electron chi connectivity index (χ1n) is 8.88. The zero-order chi connectivity index (χ0) is 17.4. The second-order valence-electron chi connectivity index (χ2n) is 6.98. The van der Waals surface area contributed by atoms with Gasteiger partial charge in [-0.2, -0.15) is 0 Å². The molecule has 1 aliphatic rings. The average Bonchev–Trinajstić information content (AvgIpc) is 2.97. The predicted octanol–water partition coefficient (Wildman–Crippen LogP) is 2.64. The molecule has 2 N–H and O–H groups in total. The van der Waals surface area contributed by atoms with E-state index >= 15 is 0 Å². The normalized spacial score (nSPS) is 15.7. The predicted molar refractivity (Wildman–Crippen MR) is 97.6 cm³/mol. The zero-order valence-corrected chi connectivity index (χ0v) is 14.3. The first-order valence-corrected chi connectivity index (χ1v) is 8.88. The van der Waals surface area contributed by atoms with Gasteiger partial charge in [-0.05, 0) is 31.9 Å². The second kappa shape index (κ2) is 6.35. The number of H-pyrrole nitrogens is 1. The summed E-state index contributed by atoms with van der Waals surface area (Å²) in [6.07, 6.45) is 7.09. The number of hydrogen-bond donors (Lipinski definition) is 2. The molecule has 3 aromatic rings. The van der Waals surface area contributed by atoms with Crippen LogP contribution in [0.4, 0.5) is 0 Å². The summed E-state index contributed by atoms with van der Waals surface area (Å²) < 4.78 is 1.38. The van der Waals surface area contributed by atoms with Gasteiger partial charge in [0.15, 0.2) is 0 Å². The van der Waals surface area contributed by atoms with E-state index in [1.165, 1.54) is 17.3 Å². The van der Waals surface area contributed by atoms with Gasteiger partial charge in [-0.15, -0.1) is 0 Å². The Bertz CT molecular complexity index is 996. The van der Waals surface area contributed by atoms with Crippen LogP contribution in [0.25, 0.3) is 21.9 Å². The molecule has 1 saturated carbocycles. The van der Waals surface area contributed by atoms with Crippen LogP contribution in [-0.4, -0.2) is 26.5 Å². The van der Waals surface area contributed by atoms with Crippen molar-refractivity contribution in [3.63, 3.8) is 0 Å². The summed E-state index contributed by atoms with van der Waals surface area (Å²) in [6.45, 7) is 2.02. The molecule has 0 unspecified atom stereocenters. The first-order chi connectivity index (χ1) is 12.1. The SMILES string of the molecule is Cc1ccc2[nH]c3c(=O)n(CC(=O)NC4CCCCC4)cnc3c2c1. The molecule has 0 spiro atoms. The number of benzene rings is 1. The van der Waals surface area contributed by atoms with Gasteiger partial charge in [0.2, 0.25) is 5.91 Å². The third-order valence-corrected chi connectivity index (χ3v) is 5.01. The van der Waals surface area contributed by atoms with Crippen molar-refractivity contribution < 1.29 is 4.79 Å². The van der Waals surface area contributed by atoms with Gasteiger partial charge in [-0.1, -0.05) is 30.9 Å². The molecule has 0 bridgehead atoms. The number of fused-ring (bicyclic) bond motifs is 3. The van der Waals surface area contributed by atoms with Crippen LogP contribution in [0.1, 0.15) is 37.7 Å². The van der Waals surface area contributed by atoms with Crippen molar-refractivity contribution in [1.82, 2.24) is 19.9 Å². The Hall–Kier alpha value is -2.63. The third kappa shape index (κ3) is 3.04. The molecular formula is C19H22N4O2. The minimum Gasteiger partial charge on any atom is -0.352 e. The van der Waals surface area contributed by atoms with Gasteiger partial charge in [0.25, 0.3) is 5.56 Å². The number of nitrogens with one attached hydrogen (secondary N) is 2. The number of carbonyl (C=O) groups is 1. The Morgan fingerprint density at radius 3 is 2.92 bits per heavy atom. The van der Waals surface area contributed by atoms with E-state index in [1.807, 2.05) is 25.1 Å². The Balaban J connectivity index is 1.62. The molecule has 2 aromatic heterocycles. The lowest BCUT2D eigenvalue weighted by Gasteiger charge is -2.22. The number of nitrogens with zero attached hydrogens (tertiary/aromatic N) is 2. The highest BCUT2D eigenvalue weighted by atomic mass is 16.2. The quantitative estimate of drug-likeness (QED) is 0.770. The van der Waals surface area contributed by atoms with Gasteiger partial charge in [0.05, 0.1) is 6.33 Å². The number of aryl methyl sites for hydroxylation is 1. The smallest absolute Gasteiger partial charge is 0.278 e. The summed E-state index contributed by atoms with van der Waals surface area (Å²) in [6, 6.07) is 6.20. The van der Waals surface area contributed by atoms with E-state index in [2.05, 4.69) is 15.3 Å². The van der Waals surface area contributed by atoms with Crippen molar-refractivity contribution in [2.45, 2.75) is 51.6 Å². The highest BCUT2D eigenvalue weighted by Crippen LogP contribution is 2.22. The Morgan fingerprint density at radius 2 is 2.12 bits per heavy atom. The molecule has 0 saturated heterocycles. The van der Waals surface area contributed by atoms with E-state index in [0.717, 1.165) is 42.1 Å². The van der Waals surface area contributed by atoms with Gasteiger partial charge >= 0.3 is 0 Å². The maximum absolute atomic E-state index is 12.7. The zero-order valence-electron chi connectivity index (χ0n) is 14.3. The van der Waals surface area contributed by atoms with Crippen LogP contribution in [0.15, 0.2) is 29.3 Å². The molecule has 0 atom stereocenters. The Morgan fingerprint density at radius 1 is 1.32 bits per heavy atom. The van der Waals surface area contributed by atoms with E-state index in [9.17, 15) is 9.59 Å². The average molecular weight is 338 g/mol. The molecule has 25 heavy (non-hydrogen) atoms. The van der Waals surface area contributed by atoms with Crippen molar-refractivity contribution in [2.24, 2.45) is 0 Å².